The number of rotatable bonds is 13. The molecule has 12 heteroatoms. The highest BCUT2D eigenvalue weighted by Gasteiger charge is 2.40. The summed E-state index contributed by atoms with van der Waals surface area (Å²) in [6.45, 7) is 4.02. The Morgan fingerprint density at radius 3 is 2.45 bits per heavy atom. The van der Waals surface area contributed by atoms with Crippen LogP contribution >= 0.6 is 0 Å². The van der Waals surface area contributed by atoms with E-state index in [1.54, 1.807) is 23.0 Å². The molecule has 0 bridgehead atoms. The molecule has 4 rings (SSSR count). The Bertz CT molecular complexity index is 1250. The van der Waals surface area contributed by atoms with Gasteiger partial charge in [-0.3, -0.25) is 14.4 Å². The van der Waals surface area contributed by atoms with Gasteiger partial charge in [0, 0.05) is 63.5 Å². The zero-order valence-electron chi connectivity index (χ0n) is 24.2. The molecule has 1 aliphatic carbocycles. The van der Waals surface area contributed by atoms with Crippen LogP contribution in [0.4, 0.5) is 4.79 Å². The van der Waals surface area contributed by atoms with E-state index in [1.807, 2.05) is 37.3 Å². The Morgan fingerprint density at radius 2 is 1.79 bits per heavy atom. The first-order chi connectivity index (χ1) is 20.3. The number of hydrogen-bond acceptors (Lipinski definition) is 8. The second kappa shape index (κ2) is 14.7. The van der Waals surface area contributed by atoms with Crippen molar-refractivity contribution in [2.75, 3.05) is 46.5 Å². The van der Waals surface area contributed by atoms with Gasteiger partial charge < -0.3 is 29.7 Å². The van der Waals surface area contributed by atoms with Gasteiger partial charge in [-0.1, -0.05) is 43.7 Å². The van der Waals surface area contributed by atoms with Crippen LogP contribution in [-0.4, -0.2) is 101 Å². The van der Waals surface area contributed by atoms with E-state index in [2.05, 4.69) is 10.3 Å². The molecule has 12 nitrogen and oxygen atoms in total. The molecule has 0 spiro atoms. The Hall–Kier alpha value is -4.06. The van der Waals surface area contributed by atoms with Crippen LogP contribution < -0.4 is 5.32 Å². The maximum absolute atomic E-state index is 13.5. The molecule has 0 radical (unpaired) electrons. The van der Waals surface area contributed by atoms with Gasteiger partial charge in [-0.05, 0) is 31.2 Å². The number of carbonyl (C=O) groups excluding carboxylic acids is 3. The van der Waals surface area contributed by atoms with E-state index in [1.165, 1.54) is 0 Å². The van der Waals surface area contributed by atoms with Crippen LogP contribution in [0.25, 0.3) is 11.4 Å². The third-order valence-corrected chi connectivity index (χ3v) is 7.52. The van der Waals surface area contributed by atoms with Crippen molar-refractivity contribution in [2.45, 2.75) is 51.0 Å². The quantitative estimate of drug-likeness (QED) is 0.340. The summed E-state index contributed by atoms with van der Waals surface area (Å²) in [4.78, 5) is 63.0. The first-order valence-corrected chi connectivity index (χ1v) is 14.5. The van der Waals surface area contributed by atoms with Crippen molar-refractivity contribution >= 4 is 23.9 Å². The number of amides is 3. The molecular formula is C30H39N5O7. The normalized spacial score (nSPS) is 18.7. The van der Waals surface area contributed by atoms with Gasteiger partial charge in [0.15, 0.2) is 5.82 Å². The molecule has 1 aromatic heterocycles. The number of hydrogen-bond donors (Lipinski definition) is 2. The average Bonchev–Trinajstić information content (AvgIpc) is 3.78. The van der Waals surface area contributed by atoms with Gasteiger partial charge in [0.2, 0.25) is 5.91 Å². The van der Waals surface area contributed by atoms with E-state index in [4.69, 9.17) is 14.5 Å². The van der Waals surface area contributed by atoms with Crippen molar-refractivity contribution in [1.29, 1.82) is 0 Å². The molecule has 3 atom stereocenters. The van der Waals surface area contributed by atoms with Crippen molar-refractivity contribution in [2.24, 2.45) is 5.92 Å². The highest BCUT2D eigenvalue weighted by molar-refractivity contribution is 5.96. The zero-order chi connectivity index (χ0) is 30.1. The van der Waals surface area contributed by atoms with Crippen molar-refractivity contribution < 1.29 is 33.8 Å². The second-order valence-electron chi connectivity index (χ2n) is 10.7. The number of unbranched alkanes of at least 4 members (excludes halogenated alkanes) is 1. The van der Waals surface area contributed by atoms with Crippen LogP contribution in [0.15, 0.2) is 36.4 Å². The number of methoxy groups -OCH3 is 1. The summed E-state index contributed by atoms with van der Waals surface area (Å²) >= 11 is 0. The number of ether oxygens (including phenoxy) is 2. The topological polar surface area (TPSA) is 151 Å². The average molecular weight is 582 g/mol. The largest absolute Gasteiger partial charge is 0.481 e. The Kier molecular flexibility index (Phi) is 10.8. The van der Waals surface area contributed by atoms with E-state index in [9.17, 15) is 24.3 Å². The van der Waals surface area contributed by atoms with Gasteiger partial charge in [-0.2, -0.15) is 0 Å². The third-order valence-electron chi connectivity index (χ3n) is 7.52. The van der Waals surface area contributed by atoms with Crippen LogP contribution in [0.2, 0.25) is 0 Å². The second-order valence-corrected chi connectivity index (χ2v) is 10.7. The van der Waals surface area contributed by atoms with Gasteiger partial charge in [-0.25, -0.2) is 14.8 Å². The molecule has 2 aliphatic rings. The molecule has 1 saturated heterocycles. The molecule has 2 fully saturated rings. The van der Waals surface area contributed by atoms with Gasteiger partial charge in [-0.15, -0.1) is 0 Å². The molecule has 2 heterocycles. The van der Waals surface area contributed by atoms with E-state index in [0.29, 0.717) is 25.0 Å². The fourth-order valence-electron chi connectivity index (χ4n) is 4.98. The SMILES string of the molecule is CCCCOC(=O)N1CCN(C(=O)[C@H](CCC(=O)O)NC(=O)c2cc(C3CC3COC)nc(-c3ccccc3)n2)CC1. The molecular weight excluding hydrogens is 542 g/mol. The molecule has 2 unspecified atom stereocenters. The maximum atomic E-state index is 13.5. The number of carboxylic acid groups (broad SMARTS) is 1. The number of nitrogens with one attached hydrogen (secondary N) is 1. The Balaban J connectivity index is 1.48. The number of benzene rings is 1. The van der Waals surface area contributed by atoms with E-state index < -0.39 is 29.9 Å². The molecule has 1 aromatic carbocycles. The summed E-state index contributed by atoms with van der Waals surface area (Å²) in [5, 5.41) is 12.0. The van der Waals surface area contributed by atoms with E-state index >= 15 is 0 Å². The van der Waals surface area contributed by atoms with E-state index in [-0.39, 0.29) is 50.6 Å². The standard InChI is InChI=1S/C30H39N5O7/c1-3-4-16-42-30(40)35-14-12-34(13-15-35)29(39)23(10-11-26(36)37)33-28(38)25-18-24(22-17-21(22)19-41-2)31-27(32-25)20-8-6-5-7-9-20/h5-9,18,21-23H,3-4,10-17,19H2,1-2H3,(H,33,38)(H,36,37)/t21?,22?,23-/m0/s1. The van der Waals surface area contributed by atoms with E-state index in [0.717, 1.165) is 30.5 Å². The fourth-order valence-corrected chi connectivity index (χ4v) is 4.98. The number of aliphatic carboxylic acids is 1. The van der Waals surface area contributed by atoms with Gasteiger partial charge in [0.1, 0.15) is 11.7 Å². The van der Waals surface area contributed by atoms with Crippen LogP contribution in [0.5, 0.6) is 0 Å². The van der Waals surface area contributed by atoms with Crippen molar-refractivity contribution in [3.8, 4) is 11.4 Å². The number of piperazine rings is 1. The summed E-state index contributed by atoms with van der Waals surface area (Å²) in [5.74, 6) is -1.22. The first-order valence-electron chi connectivity index (χ1n) is 14.5. The van der Waals surface area contributed by atoms with Gasteiger partial charge in [0.05, 0.1) is 6.61 Å². The summed E-state index contributed by atoms with van der Waals surface area (Å²) in [5.41, 5.74) is 1.59. The van der Waals surface area contributed by atoms with Crippen LogP contribution in [0.3, 0.4) is 0 Å². The molecule has 226 valence electrons. The Morgan fingerprint density at radius 1 is 1.07 bits per heavy atom. The minimum Gasteiger partial charge on any atom is -0.481 e. The number of nitrogens with zero attached hydrogens (tertiary/aromatic N) is 4. The Labute approximate surface area is 245 Å². The number of aromatic nitrogens is 2. The van der Waals surface area contributed by atoms with Crippen LogP contribution in [0.1, 0.15) is 61.1 Å². The maximum Gasteiger partial charge on any atom is 0.409 e. The lowest BCUT2D eigenvalue weighted by Crippen LogP contribution is -2.56. The summed E-state index contributed by atoms with van der Waals surface area (Å²) in [6, 6.07) is 9.89. The molecule has 1 saturated carbocycles. The number of carbonyl (C=O) groups is 4. The molecule has 2 aromatic rings. The van der Waals surface area contributed by atoms with Gasteiger partial charge in [0.25, 0.3) is 5.91 Å². The molecule has 42 heavy (non-hydrogen) atoms. The molecule has 2 N–H and O–H groups in total. The van der Waals surface area contributed by atoms with Crippen molar-refractivity contribution in [3.05, 3.63) is 47.8 Å². The highest BCUT2D eigenvalue weighted by atomic mass is 16.6. The minimum absolute atomic E-state index is 0.0821. The fraction of sp³-hybridized carbons (Fsp3) is 0.533. The summed E-state index contributed by atoms with van der Waals surface area (Å²) in [6.07, 6.45) is 1.79. The summed E-state index contributed by atoms with van der Waals surface area (Å²) in [7, 11) is 1.65. The first kappa shape index (κ1) is 30.9. The molecule has 3 amide bonds. The summed E-state index contributed by atoms with van der Waals surface area (Å²) < 4.78 is 10.6. The minimum atomic E-state index is -1.07. The predicted molar refractivity (Wildman–Crippen MR) is 153 cm³/mol. The lowest BCUT2D eigenvalue weighted by Gasteiger charge is -2.36. The third kappa shape index (κ3) is 8.25. The number of carboxylic acids is 1. The van der Waals surface area contributed by atoms with Crippen molar-refractivity contribution in [1.82, 2.24) is 25.1 Å². The lowest BCUT2D eigenvalue weighted by molar-refractivity contribution is -0.138. The highest BCUT2D eigenvalue weighted by Crippen LogP contribution is 2.47. The van der Waals surface area contributed by atoms with Crippen molar-refractivity contribution in [3.63, 3.8) is 0 Å². The van der Waals surface area contributed by atoms with Crippen LogP contribution in [-0.2, 0) is 19.1 Å². The van der Waals surface area contributed by atoms with Gasteiger partial charge >= 0.3 is 12.1 Å². The monoisotopic (exact) mass is 581 g/mol. The molecule has 1 aliphatic heterocycles. The zero-order valence-corrected chi connectivity index (χ0v) is 24.2. The predicted octanol–water partition coefficient (Wildman–Crippen LogP) is 2.94. The lowest BCUT2D eigenvalue weighted by atomic mass is 10.1. The van der Waals surface area contributed by atoms with Crippen LogP contribution in [0, 0.1) is 5.92 Å². The smallest absolute Gasteiger partial charge is 0.409 e.